The predicted molar refractivity (Wildman–Crippen MR) is 111 cm³/mol. The molecule has 0 radical (unpaired) electrons. The minimum Gasteiger partial charge on any atom is -0.494 e. The third kappa shape index (κ3) is 13.0. The first kappa shape index (κ1) is 27.5. The Kier molecular flexibility index (Phi) is 11.3. The van der Waals surface area contributed by atoms with Crippen LogP contribution < -0.4 is 10.1 Å². The van der Waals surface area contributed by atoms with Crippen LogP contribution in [0.2, 0.25) is 0 Å². The van der Waals surface area contributed by atoms with E-state index < -0.39 is 36.2 Å². The minimum atomic E-state index is -4.17. The van der Waals surface area contributed by atoms with Gasteiger partial charge in [-0.3, -0.25) is 4.79 Å². The molecule has 0 spiro atoms. The number of alkyl halides is 3. The van der Waals surface area contributed by atoms with Crippen molar-refractivity contribution in [1.29, 1.82) is 0 Å². The fourth-order valence-corrected chi connectivity index (χ4v) is 2.53. The van der Waals surface area contributed by atoms with Gasteiger partial charge in [-0.15, -0.1) is 0 Å². The lowest BCUT2D eigenvalue weighted by Crippen LogP contribution is -2.39. The molecule has 0 fully saturated rings. The van der Waals surface area contributed by atoms with Crippen molar-refractivity contribution < 1.29 is 41.7 Å². The number of rotatable bonds is 12. The molecule has 1 amide bonds. The third-order valence-corrected chi connectivity index (χ3v) is 4.08. The van der Waals surface area contributed by atoms with Crippen molar-refractivity contribution in [3.63, 3.8) is 0 Å². The van der Waals surface area contributed by atoms with Gasteiger partial charge in [0.15, 0.2) is 0 Å². The summed E-state index contributed by atoms with van der Waals surface area (Å²) in [4.78, 5) is 23.7. The number of hydrogen-bond donors (Lipinski definition) is 1. The summed E-state index contributed by atoms with van der Waals surface area (Å²) in [6.07, 6.45) is -5.22. The fraction of sp³-hybridized carbons (Fsp3) is 0.636. The van der Waals surface area contributed by atoms with E-state index in [1.165, 1.54) is 7.11 Å². The monoisotopic (exact) mass is 463 g/mol. The Morgan fingerprint density at radius 2 is 1.72 bits per heavy atom. The van der Waals surface area contributed by atoms with Gasteiger partial charge in [0.25, 0.3) is 0 Å². The van der Waals surface area contributed by atoms with Gasteiger partial charge in [-0.1, -0.05) is 12.1 Å². The maximum atomic E-state index is 12.1. The van der Waals surface area contributed by atoms with Gasteiger partial charge in [0.1, 0.15) is 11.4 Å². The van der Waals surface area contributed by atoms with Crippen LogP contribution in [-0.2, 0) is 25.4 Å². The van der Waals surface area contributed by atoms with Gasteiger partial charge in [-0.2, -0.15) is 13.2 Å². The fourth-order valence-electron chi connectivity index (χ4n) is 2.53. The molecule has 10 heteroatoms. The maximum Gasteiger partial charge on any atom is 0.407 e. The second-order valence-corrected chi connectivity index (χ2v) is 8.14. The number of ether oxygens (including phenoxy) is 4. The van der Waals surface area contributed by atoms with E-state index in [0.29, 0.717) is 18.8 Å². The summed E-state index contributed by atoms with van der Waals surface area (Å²) in [7, 11) is 1.26. The number of methoxy groups -OCH3 is 1. The zero-order valence-corrected chi connectivity index (χ0v) is 18.9. The number of nitrogens with one attached hydrogen (secondary N) is 1. The molecule has 0 bridgehead atoms. The quantitative estimate of drug-likeness (QED) is 0.368. The van der Waals surface area contributed by atoms with Crippen molar-refractivity contribution in [3.8, 4) is 5.75 Å². The molecule has 7 nitrogen and oxygen atoms in total. The Morgan fingerprint density at radius 3 is 2.28 bits per heavy atom. The number of benzene rings is 1. The van der Waals surface area contributed by atoms with Gasteiger partial charge >= 0.3 is 18.2 Å². The largest absolute Gasteiger partial charge is 0.494 e. The number of halogens is 3. The van der Waals surface area contributed by atoms with Crippen LogP contribution in [0.25, 0.3) is 0 Å². The summed E-state index contributed by atoms with van der Waals surface area (Å²) in [5.74, 6) is -0.691. The van der Waals surface area contributed by atoms with Crippen molar-refractivity contribution in [1.82, 2.24) is 5.32 Å². The summed E-state index contributed by atoms with van der Waals surface area (Å²) in [6.45, 7) is 5.60. The highest BCUT2D eigenvalue weighted by Gasteiger charge is 2.26. The van der Waals surface area contributed by atoms with Gasteiger partial charge < -0.3 is 24.3 Å². The topological polar surface area (TPSA) is 83.1 Å². The van der Waals surface area contributed by atoms with E-state index in [1.807, 2.05) is 0 Å². The lowest BCUT2D eigenvalue weighted by molar-refractivity contribution is -0.147. The van der Waals surface area contributed by atoms with Crippen LogP contribution in [0.4, 0.5) is 18.0 Å². The first-order valence-electron chi connectivity index (χ1n) is 10.3. The second kappa shape index (κ2) is 13.1. The lowest BCUT2D eigenvalue weighted by atomic mass is 10.1. The average molecular weight is 463 g/mol. The highest BCUT2D eigenvalue weighted by atomic mass is 19.4. The molecule has 1 aromatic rings. The molecule has 1 unspecified atom stereocenters. The van der Waals surface area contributed by atoms with Gasteiger partial charge in [-0.05, 0) is 51.3 Å². The maximum absolute atomic E-state index is 12.1. The van der Waals surface area contributed by atoms with Crippen LogP contribution in [0.3, 0.4) is 0 Å². The number of carbonyl (C=O) groups is 2. The summed E-state index contributed by atoms with van der Waals surface area (Å²) in [6, 6.07) is 6.96. The average Bonchev–Trinajstić information content (AvgIpc) is 2.69. The Balaban J connectivity index is 2.35. The molecule has 0 aliphatic rings. The molecule has 32 heavy (non-hydrogen) atoms. The number of alkyl carbamates (subject to hydrolysis) is 1. The van der Waals surface area contributed by atoms with Crippen molar-refractivity contribution >= 4 is 12.1 Å². The Hall–Kier alpha value is -2.49. The summed E-state index contributed by atoms with van der Waals surface area (Å²) in [5, 5.41) is 2.53. The van der Waals surface area contributed by atoms with Crippen molar-refractivity contribution in [3.05, 3.63) is 29.8 Å². The van der Waals surface area contributed by atoms with Gasteiger partial charge in [-0.25, -0.2) is 4.79 Å². The number of esters is 1. The number of hydrogen-bond acceptors (Lipinski definition) is 6. The molecule has 1 rings (SSSR count). The molecule has 0 aliphatic carbocycles. The highest BCUT2D eigenvalue weighted by molar-refractivity contribution is 5.74. The first-order valence-corrected chi connectivity index (χ1v) is 10.3. The molecule has 0 heterocycles. The van der Waals surface area contributed by atoms with E-state index in [0.717, 1.165) is 5.56 Å². The molecule has 0 saturated heterocycles. The van der Waals surface area contributed by atoms with E-state index in [4.69, 9.17) is 18.9 Å². The van der Waals surface area contributed by atoms with Crippen molar-refractivity contribution in [2.75, 3.05) is 33.5 Å². The predicted octanol–water partition coefficient (Wildman–Crippen LogP) is 4.28. The Morgan fingerprint density at radius 1 is 1.06 bits per heavy atom. The Labute approximate surface area is 186 Å². The van der Waals surface area contributed by atoms with Crippen molar-refractivity contribution in [2.45, 2.75) is 51.8 Å². The van der Waals surface area contributed by atoms with Gasteiger partial charge in [0, 0.05) is 13.0 Å². The zero-order valence-electron chi connectivity index (χ0n) is 18.9. The SMILES string of the molecule is COC(=O)C(CNC(=O)OC(C)(C)C)COCCc1ccc(OCCCC(F)(F)F)cc1. The molecular weight excluding hydrogens is 431 g/mol. The number of carbonyl (C=O) groups excluding carboxylic acids is 2. The second-order valence-electron chi connectivity index (χ2n) is 8.14. The van der Waals surface area contributed by atoms with E-state index in [9.17, 15) is 22.8 Å². The van der Waals surface area contributed by atoms with Gasteiger partial charge in [0.05, 0.1) is 32.8 Å². The van der Waals surface area contributed by atoms with Crippen LogP contribution in [0.1, 0.15) is 39.2 Å². The Bertz CT molecular complexity index is 701. The first-order chi connectivity index (χ1) is 14.9. The van der Waals surface area contributed by atoms with Crippen molar-refractivity contribution in [2.24, 2.45) is 5.92 Å². The molecule has 1 N–H and O–H groups in total. The normalized spacial score (nSPS) is 12.7. The summed E-state index contributed by atoms with van der Waals surface area (Å²) >= 11 is 0. The molecular formula is C22H32F3NO6. The smallest absolute Gasteiger partial charge is 0.407 e. The molecule has 0 aromatic heterocycles. The number of amides is 1. The van der Waals surface area contributed by atoms with Gasteiger partial charge in [0.2, 0.25) is 0 Å². The van der Waals surface area contributed by atoms with Crippen LogP contribution in [0, 0.1) is 5.92 Å². The molecule has 1 aromatic carbocycles. The third-order valence-electron chi connectivity index (χ3n) is 4.08. The molecule has 0 saturated carbocycles. The summed E-state index contributed by atoms with van der Waals surface area (Å²) < 4.78 is 57.1. The molecule has 0 aliphatic heterocycles. The molecule has 1 atom stereocenters. The zero-order chi connectivity index (χ0) is 24.2. The van der Waals surface area contributed by atoms with Crippen LogP contribution in [0.5, 0.6) is 5.75 Å². The highest BCUT2D eigenvalue weighted by Crippen LogP contribution is 2.21. The van der Waals surface area contributed by atoms with Crippen LogP contribution in [0.15, 0.2) is 24.3 Å². The van der Waals surface area contributed by atoms with E-state index in [2.05, 4.69) is 5.32 Å². The standard InChI is InChI=1S/C22H32F3NO6/c1-21(2,3)32-20(28)26-14-17(19(27)29-4)15-30-13-10-16-6-8-18(9-7-16)31-12-5-11-22(23,24)25/h6-9,17H,5,10-15H2,1-4H3,(H,26,28). The van der Waals surface area contributed by atoms with E-state index in [1.54, 1.807) is 45.0 Å². The van der Waals surface area contributed by atoms with Crippen LogP contribution >= 0.6 is 0 Å². The summed E-state index contributed by atoms with van der Waals surface area (Å²) in [5.41, 5.74) is 0.291. The van der Waals surface area contributed by atoms with Crippen LogP contribution in [-0.4, -0.2) is 57.3 Å². The minimum absolute atomic E-state index is 0.00574. The van der Waals surface area contributed by atoms with E-state index >= 15 is 0 Å². The lowest BCUT2D eigenvalue weighted by Gasteiger charge is -2.21. The molecule has 182 valence electrons. The van der Waals surface area contributed by atoms with E-state index in [-0.39, 0.29) is 26.2 Å².